The van der Waals surface area contributed by atoms with Gasteiger partial charge in [-0.05, 0) is 37.3 Å². The molecule has 134 valence electrons. The number of ketones is 1. The van der Waals surface area contributed by atoms with Gasteiger partial charge in [-0.2, -0.15) is 0 Å². The molecule has 0 saturated carbocycles. The molecule has 7 nitrogen and oxygen atoms in total. The second-order valence-corrected chi connectivity index (χ2v) is 6.17. The highest BCUT2D eigenvalue weighted by molar-refractivity contribution is 6.30. The minimum atomic E-state index is -0.302. The molecule has 0 saturated heterocycles. The Morgan fingerprint density at radius 3 is 2.85 bits per heavy atom. The summed E-state index contributed by atoms with van der Waals surface area (Å²) in [5, 5.41) is 3.10. The quantitative estimate of drug-likeness (QED) is 0.814. The van der Waals surface area contributed by atoms with Crippen LogP contribution in [0.5, 0.6) is 5.75 Å². The maximum Gasteiger partial charge on any atom is 0.265 e. The van der Waals surface area contributed by atoms with Crippen LogP contribution in [0, 0.1) is 0 Å². The molecule has 0 spiro atoms. The lowest BCUT2D eigenvalue weighted by Gasteiger charge is -2.29. The Morgan fingerprint density at radius 1 is 1.31 bits per heavy atom. The minimum Gasteiger partial charge on any atom is -0.482 e. The zero-order valence-electron chi connectivity index (χ0n) is 14.0. The van der Waals surface area contributed by atoms with E-state index in [0.29, 0.717) is 27.8 Å². The smallest absolute Gasteiger partial charge is 0.265 e. The van der Waals surface area contributed by atoms with Gasteiger partial charge < -0.3 is 15.0 Å². The molecule has 0 atom stereocenters. The lowest BCUT2D eigenvalue weighted by Crippen LogP contribution is -2.40. The molecule has 0 bridgehead atoms. The molecular weight excluding hydrogens is 358 g/mol. The lowest BCUT2D eigenvalue weighted by atomic mass is 10.1. The molecule has 2 heterocycles. The Hall–Kier alpha value is -2.93. The van der Waals surface area contributed by atoms with Crippen LogP contribution in [-0.2, 0) is 9.59 Å². The van der Waals surface area contributed by atoms with Crippen molar-refractivity contribution < 1.29 is 19.1 Å². The molecular formula is C18H16ClN3O4. The summed E-state index contributed by atoms with van der Waals surface area (Å²) in [5.41, 5.74) is 0.960. The van der Waals surface area contributed by atoms with Gasteiger partial charge >= 0.3 is 0 Å². The van der Waals surface area contributed by atoms with Crippen LogP contribution in [0.25, 0.3) is 0 Å². The zero-order chi connectivity index (χ0) is 18.7. The number of benzene rings is 1. The van der Waals surface area contributed by atoms with Crippen LogP contribution in [-0.4, -0.2) is 35.7 Å². The number of amides is 2. The molecule has 2 amide bonds. The predicted molar refractivity (Wildman–Crippen MR) is 96.8 cm³/mol. The number of nitrogens with zero attached hydrogens (tertiary/aromatic N) is 2. The van der Waals surface area contributed by atoms with Crippen molar-refractivity contribution in [1.82, 2.24) is 4.98 Å². The number of aromatic nitrogens is 1. The standard InChI is InChI=1S/C18H16ClN3O4/c1-11(23)12-2-3-15-14(8-12)22(18(25)10-26-15)7-5-17(24)21-16-9-13(19)4-6-20-16/h2-4,6,8-9H,5,7,10H2,1H3,(H,20,21,24). The van der Waals surface area contributed by atoms with Gasteiger partial charge in [-0.25, -0.2) is 4.98 Å². The van der Waals surface area contributed by atoms with Gasteiger partial charge in [0.15, 0.2) is 12.4 Å². The van der Waals surface area contributed by atoms with E-state index in [0.717, 1.165) is 0 Å². The number of hydrogen-bond donors (Lipinski definition) is 1. The Morgan fingerprint density at radius 2 is 2.12 bits per heavy atom. The highest BCUT2D eigenvalue weighted by atomic mass is 35.5. The number of anilines is 2. The Labute approximate surface area is 154 Å². The van der Waals surface area contributed by atoms with Gasteiger partial charge in [-0.15, -0.1) is 0 Å². The van der Waals surface area contributed by atoms with Gasteiger partial charge in [0.2, 0.25) is 5.91 Å². The molecule has 1 N–H and O–H groups in total. The average molecular weight is 374 g/mol. The molecule has 1 aromatic carbocycles. The molecule has 2 aromatic rings. The Kier molecular flexibility index (Phi) is 5.18. The van der Waals surface area contributed by atoms with Crippen LogP contribution < -0.4 is 15.0 Å². The van der Waals surface area contributed by atoms with Crippen molar-refractivity contribution in [2.45, 2.75) is 13.3 Å². The number of fused-ring (bicyclic) bond motifs is 1. The van der Waals surface area contributed by atoms with E-state index in [2.05, 4.69) is 10.3 Å². The molecule has 8 heteroatoms. The Bertz CT molecular complexity index is 884. The molecule has 1 aliphatic heterocycles. The predicted octanol–water partition coefficient (Wildman–Crippen LogP) is 2.69. The second-order valence-electron chi connectivity index (χ2n) is 5.73. The number of ether oxygens (including phenoxy) is 1. The van der Waals surface area contributed by atoms with Gasteiger partial charge in [0, 0.05) is 29.7 Å². The fourth-order valence-corrected chi connectivity index (χ4v) is 2.72. The number of hydrogen-bond acceptors (Lipinski definition) is 5. The van der Waals surface area contributed by atoms with Crippen LogP contribution in [0.3, 0.4) is 0 Å². The topological polar surface area (TPSA) is 88.6 Å². The first-order chi connectivity index (χ1) is 12.4. The number of halogens is 1. The zero-order valence-corrected chi connectivity index (χ0v) is 14.7. The Balaban J connectivity index is 1.71. The highest BCUT2D eigenvalue weighted by Gasteiger charge is 2.26. The van der Waals surface area contributed by atoms with Gasteiger partial charge in [-0.3, -0.25) is 14.4 Å². The first-order valence-electron chi connectivity index (χ1n) is 7.93. The van der Waals surface area contributed by atoms with Crippen LogP contribution in [0.15, 0.2) is 36.5 Å². The highest BCUT2D eigenvalue weighted by Crippen LogP contribution is 2.33. The number of carbonyl (C=O) groups is 3. The maximum absolute atomic E-state index is 12.2. The van der Waals surface area contributed by atoms with Crippen molar-refractivity contribution in [2.75, 3.05) is 23.4 Å². The molecule has 0 fully saturated rings. The van der Waals surface area contributed by atoms with Gasteiger partial charge in [0.1, 0.15) is 11.6 Å². The minimum absolute atomic E-state index is 0.0592. The molecule has 1 aliphatic rings. The van der Waals surface area contributed by atoms with E-state index in [1.165, 1.54) is 24.1 Å². The summed E-state index contributed by atoms with van der Waals surface area (Å²) in [5.74, 6) is 0.160. The third kappa shape index (κ3) is 4.00. The first kappa shape index (κ1) is 17.9. The number of nitrogens with one attached hydrogen (secondary N) is 1. The summed E-state index contributed by atoms with van der Waals surface area (Å²) in [4.78, 5) is 41.4. The number of Topliss-reactive ketones (excluding diaryl/α,β-unsaturated/α-hetero) is 1. The normalized spacial score (nSPS) is 13.0. The van der Waals surface area contributed by atoms with E-state index in [4.69, 9.17) is 16.3 Å². The maximum atomic E-state index is 12.2. The van der Waals surface area contributed by atoms with Crippen molar-refractivity contribution in [3.05, 3.63) is 47.1 Å². The first-order valence-corrected chi connectivity index (χ1v) is 8.31. The van der Waals surface area contributed by atoms with E-state index in [-0.39, 0.29) is 37.2 Å². The summed E-state index contributed by atoms with van der Waals surface area (Å²) in [6.45, 7) is 1.50. The second kappa shape index (κ2) is 7.53. The molecule has 0 radical (unpaired) electrons. The molecule has 3 rings (SSSR count). The molecule has 0 aliphatic carbocycles. The van der Waals surface area contributed by atoms with E-state index >= 15 is 0 Å². The number of pyridine rings is 1. The molecule has 26 heavy (non-hydrogen) atoms. The number of carbonyl (C=O) groups excluding carboxylic acids is 3. The third-order valence-electron chi connectivity index (χ3n) is 3.86. The largest absolute Gasteiger partial charge is 0.482 e. The van der Waals surface area contributed by atoms with Gasteiger partial charge in [0.05, 0.1) is 5.69 Å². The molecule has 0 unspecified atom stereocenters. The van der Waals surface area contributed by atoms with E-state index < -0.39 is 0 Å². The number of rotatable bonds is 5. The lowest BCUT2D eigenvalue weighted by molar-refractivity contribution is -0.121. The van der Waals surface area contributed by atoms with Crippen molar-refractivity contribution in [1.29, 1.82) is 0 Å². The van der Waals surface area contributed by atoms with Crippen LogP contribution in [0.4, 0.5) is 11.5 Å². The van der Waals surface area contributed by atoms with Crippen LogP contribution >= 0.6 is 11.6 Å². The molecule has 1 aromatic heterocycles. The summed E-state index contributed by atoms with van der Waals surface area (Å²) in [6.07, 6.45) is 1.55. The average Bonchev–Trinajstić information content (AvgIpc) is 2.60. The monoisotopic (exact) mass is 373 g/mol. The fourth-order valence-electron chi connectivity index (χ4n) is 2.56. The third-order valence-corrected chi connectivity index (χ3v) is 4.10. The van der Waals surface area contributed by atoms with Crippen LogP contribution in [0.1, 0.15) is 23.7 Å². The van der Waals surface area contributed by atoms with Crippen molar-refractivity contribution in [3.63, 3.8) is 0 Å². The van der Waals surface area contributed by atoms with Gasteiger partial charge in [-0.1, -0.05) is 11.6 Å². The summed E-state index contributed by atoms with van der Waals surface area (Å²) >= 11 is 5.86. The van der Waals surface area contributed by atoms with Crippen LogP contribution in [0.2, 0.25) is 5.02 Å². The summed E-state index contributed by atoms with van der Waals surface area (Å²) in [6, 6.07) is 8.04. The SMILES string of the molecule is CC(=O)c1ccc2c(c1)N(CCC(=O)Nc1cc(Cl)ccn1)C(=O)CO2. The summed E-state index contributed by atoms with van der Waals surface area (Å²) < 4.78 is 5.39. The van der Waals surface area contributed by atoms with Crippen molar-refractivity contribution in [3.8, 4) is 5.75 Å². The van der Waals surface area contributed by atoms with Gasteiger partial charge in [0.25, 0.3) is 5.91 Å². The summed E-state index contributed by atoms with van der Waals surface area (Å²) in [7, 11) is 0. The van der Waals surface area contributed by atoms with E-state index in [1.807, 2.05) is 0 Å². The van der Waals surface area contributed by atoms with E-state index in [9.17, 15) is 14.4 Å². The van der Waals surface area contributed by atoms with Crippen molar-refractivity contribution in [2.24, 2.45) is 0 Å². The van der Waals surface area contributed by atoms with Crippen molar-refractivity contribution >= 4 is 40.7 Å². The fraction of sp³-hybridized carbons (Fsp3) is 0.222. The van der Waals surface area contributed by atoms with E-state index in [1.54, 1.807) is 24.3 Å².